The van der Waals surface area contributed by atoms with Gasteiger partial charge < -0.3 is 0 Å². The number of rotatable bonds is 0. The zero-order valence-electron chi connectivity index (χ0n) is 5.24. The summed E-state index contributed by atoms with van der Waals surface area (Å²) in [7, 11) is 0. The normalized spacial score (nSPS) is 9.27. The van der Waals surface area contributed by atoms with Gasteiger partial charge in [-0.15, -0.1) is 0 Å². The summed E-state index contributed by atoms with van der Waals surface area (Å²) in [6.45, 7) is 0. The molecule has 0 aliphatic carbocycles. The van der Waals surface area contributed by atoms with Crippen LogP contribution in [-0.2, 0) is 0 Å². The minimum absolute atomic E-state index is 0.766. The van der Waals surface area contributed by atoms with Crippen LogP contribution in [0, 0.1) is 22.0 Å². The summed E-state index contributed by atoms with van der Waals surface area (Å²) in [5.41, 5.74) is 0.766. The molecule has 0 heterocycles. The molecule has 0 radical (unpaired) electrons. The largest absolute Gasteiger partial charge is 0.192 e. The maximum atomic E-state index is 8.71. The van der Waals surface area contributed by atoms with Gasteiger partial charge in [-0.25, -0.2) is 0 Å². The van der Waals surface area contributed by atoms with Crippen molar-refractivity contribution in [3.05, 3.63) is 28.4 Å². The predicted molar refractivity (Wildman–Crippen MR) is 69.3 cm³/mol. The molecule has 0 aliphatic heterocycles. The van der Waals surface area contributed by atoms with Crippen molar-refractivity contribution in [3.63, 3.8) is 0 Å². The molecule has 4 heteroatoms. The van der Waals surface area contributed by atoms with Gasteiger partial charge in [0.05, 0.1) is 5.56 Å². The first-order valence-corrected chi connectivity index (χ1v) is 5.93. The van der Waals surface area contributed by atoms with Crippen molar-refractivity contribution in [1.82, 2.24) is 0 Å². The predicted octanol–water partition coefficient (Wildman–Crippen LogP) is 3.37. The zero-order valence-corrected chi connectivity index (χ0v) is 11.7. The highest BCUT2D eigenvalue weighted by Crippen LogP contribution is 2.21. The Labute approximate surface area is 106 Å². The van der Waals surface area contributed by atoms with E-state index in [4.69, 9.17) is 5.26 Å². The zero-order chi connectivity index (χ0) is 8.43. The summed E-state index contributed by atoms with van der Waals surface area (Å²) in [5, 5.41) is 8.71. The van der Waals surface area contributed by atoms with Gasteiger partial charge in [-0.1, -0.05) is 0 Å². The second-order valence-corrected chi connectivity index (χ2v) is 5.35. The van der Waals surface area contributed by atoms with Crippen molar-refractivity contribution in [1.29, 1.82) is 5.26 Å². The lowest BCUT2D eigenvalue weighted by Crippen LogP contribution is -1.87. The first-order valence-electron chi connectivity index (χ1n) is 2.70. The molecule has 11 heavy (non-hydrogen) atoms. The van der Waals surface area contributed by atoms with E-state index in [1.165, 1.54) is 0 Å². The summed E-state index contributed by atoms with van der Waals surface area (Å²) in [6.07, 6.45) is 0. The maximum absolute atomic E-state index is 8.71. The van der Waals surface area contributed by atoms with Gasteiger partial charge in [0.2, 0.25) is 0 Å². The molecule has 0 unspecified atom stereocenters. The molecular weight excluding hydrogens is 479 g/mol. The number of nitrogens with zero attached hydrogens (tertiary/aromatic N) is 1. The molecule has 0 saturated heterocycles. The first kappa shape index (κ1) is 9.98. The standard InChI is InChI=1S/C7H2I3N/c8-5-1-4(3-11)7(10)6(9)2-5/h1-2H. The molecule has 0 saturated carbocycles. The second kappa shape index (κ2) is 4.23. The highest BCUT2D eigenvalue weighted by Gasteiger charge is 2.03. The van der Waals surface area contributed by atoms with Crippen molar-refractivity contribution in [2.45, 2.75) is 0 Å². The third-order valence-corrected chi connectivity index (χ3v) is 4.78. The Hall–Kier alpha value is 0.900. The third-order valence-electron chi connectivity index (χ3n) is 1.11. The van der Waals surface area contributed by atoms with Crippen molar-refractivity contribution in [3.8, 4) is 6.07 Å². The second-order valence-electron chi connectivity index (χ2n) is 1.86. The minimum Gasteiger partial charge on any atom is -0.192 e. The van der Waals surface area contributed by atoms with Crippen LogP contribution < -0.4 is 0 Å². The Morgan fingerprint density at radius 2 is 1.82 bits per heavy atom. The van der Waals surface area contributed by atoms with Gasteiger partial charge in [0.15, 0.2) is 0 Å². The average Bonchev–Trinajstić information content (AvgIpc) is 1.96. The lowest BCUT2D eigenvalue weighted by Gasteiger charge is -1.98. The van der Waals surface area contributed by atoms with E-state index in [9.17, 15) is 0 Å². The Bertz CT molecular complexity index is 327. The van der Waals surface area contributed by atoms with Crippen LogP contribution in [0.1, 0.15) is 5.56 Å². The molecule has 1 aromatic rings. The monoisotopic (exact) mass is 481 g/mol. The van der Waals surface area contributed by atoms with E-state index < -0.39 is 0 Å². The number of nitriles is 1. The van der Waals surface area contributed by atoms with Crippen LogP contribution in [-0.4, -0.2) is 0 Å². The van der Waals surface area contributed by atoms with E-state index in [1.54, 1.807) is 0 Å². The quantitative estimate of drug-likeness (QED) is 0.413. The number of halogens is 3. The Balaban J connectivity index is 3.39. The molecule has 1 aromatic carbocycles. The highest BCUT2D eigenvalue weighted by atomic mass is 127. The fourth-order valence-electron chi connectivity index (χ4n) is 0.637. The fraction of sp³-hybridized carbons (Fsp3) is 0. The van der Waals surface area contributed by atoms with Crippen molar-refractivity contribution >= 4 is 67.8 Å². The molecule has 0 amide bonds. The molecular formula is C7H2I3N. The van der Waals surface area contributed by atoms with Gasteiger partial charge in [-0.05, 0) is 79.9 Å². The highest BCUT2D eigenvalue weighted by molar-refractivity contribution is 14.1. The van der Waals surface area contributed by atoms with E-state index in [1.807, 2.05) is 6.07 Å². The summed E-state index contributed by atoms with van der Waals surface area (Å²) in [4.78, 5) is 0. The van der Waals surface area contributed by atoms with Crippen molar-refractivity contribution < 1.29 is 0 Å². The molecule has 0 atom stereocenters. The fourth-order valence-corrected chi connectivity index (χ4v) is 2.91. The lowest BCUT2D eigenvalue weighted by atomic mass is 10.2. The van der Waals surface area contributed by atoms with Crippen LogP contribution in [0.25, 0.3) is 0 Å². The van der Waals surface area contributed by atoms with Crippen LogP contribution >= 0.6 is 67.8 Å². The smallest absolute Gasteiger partial charge is 0.100 e. The molecule has 0 aromatic heterocycles. The van der Waals surface area contributed by atoms with Crippen molar-refractivity contribution in [2.75, 3.05) is 0 Å². The van der Waals surface area contributed by atoms with E-state index in [2.05, 4.69) is 79.9 Å². The Morgan fingerprint density at radius 1 is 1.18 bits per heavy atom. The van der Waals surface area contributed by atoms with Crippen LogP contribution in [0.3, 0.4) is 0 Å². The van der Waals surface area contributed by atoms with Gasteiger partial charge in [-0.2, -0.15) is 5.26 Å². The van der Waals surface area contributed by atoms with Gasteiger partial charge in [0.25, 0.3) is 0 Å². The molecule has 0 fully saturated rings. The van der Waals surface area contributed by atoms with E-state index in [0.717, 1.165) is 16.3 Å². The third kappa shape index (κ3) is 2.42. The van der Waals surface area contributed by atoms with E-state index >= 15 is 0 Å². The average molecular weight is 481 g/mol. The Morgan fingerprint density at radius 3 is 2.36 bits per heavy atom. The van der Waals surface area contributed by atoms with E-state index in [-0.39, 0.29) is 0 Å². The molecule has 1 rings (SSSR count). The molecule has 1 nitrogen and oxygen atoms in total. The Kier molecular flexibility index (Phi) is 3.84. The van der Waals surface area contributed by atoms with Crippen LogP contribution in [0.2, 0.25) is 0 Å². The molecule has 0 aliphatic rings. The SMILES string of the molecule is N#Cc1cc(I)cc(I)c1I. The molecule has 0 bridgehead atoms. The van der Waals surface area contributed by atoms with Gasteiger partial charge in [0.1, 0.15) is 6.07 Å². The van der Waals surface area contributed by atoms with Gasteiger partial charge >= 0.3 is 0 Å². The number of benzene rings is 1. The van der Waals surface area contributed by atoms with Crippen LogP contribution in [0.4, 0.5) is 0 Å². The lowest BCUT2D eigenvalue weighted by molar-refractivity contribution is 1.43. The molecule has 56 valence electrons. The van der Waals surface area contributed by atoms with Gasteiger partial charge in [0, 0.05) is 10.7 Å². The molecule has 0 N–H and O–H groups in total. The van der Waals surface area contributed by atoms with E-state index in [0.29, 0.717) is 0 Å². The summed E-state index contributed by atoms with van der Waals surface area (Å²) >= 11 is 6.64. The van der Waals surface area contributed by atoms with Gasteiger partial charge in [-0.3, -0.25) is 0 Å². The number of hydrogen-bond donors (Lipinski definition) is 0. The topological polar surface area (TPSA) is 23.8 Å². The van der Waals surface area contributed by atoms with Crippen molar-refractivity contribution in [2.24, 2.45) is 0 Å². The minimum atomic E-state index is 0.766. The van der Waals surface area contributed by atoms with Crippen LogP contribution in [0.15, 0.2) is 12.1 Å². The summed E-state index contributed by atoms with van der Waals surface area (Å²) in [5.74, 6) is 0. The summed E-state index contributed by atoms with van der Waals surface area (Å²) < 4.78 is 3.31. The first-order chi connectivity index (χ1) is 5.15. The van der Waals surface area contributed by atoms with Crippen LogP contribution in [0.5, 0.6) is 0 Å². The molecule has 0 spiro atoms. The summed E-state index contributed by atoms with van der Waals surface area (Å²) in [6, 6.07) is 6.11. The maximum Gasteiger partial charge on any atom is 0.100 e. The number of hydrogen-bond acceptors (Lipinski definition) is 1.